The number of rotatable bonds is 4. The van der Waals surface area contributed by atoms with E-state index in [0.29, 0.717) is 6.61 Å². The molecule has 0 unspecified atom stereocenters. The maximum Gasteiger partial charge on any atom is 0.0956 e. The summed E-state index contributed by atoms with van der Waals surface area (Å²) in [6, 6.07) is 10.3. The minimum atomic E-state index is -0.199. The summed E-state index contributed by atoms with van der Waals surface area (Å²) in [5.74, 6) is 0. The fourth-order valence-corrected chi connectivity index (χ4v) is 2.33. The Morgan fingerprint density at radius 1 is 1.18 bits per heavy atom. The van der Waals surface area contributed by atoms with Crippen LogP contribution < -0.4 is 5.32 Å². The topological polar surface area (TPSA) is 41.5 Å². The van der Waals surface area contributed by atoms with Gasteiger partial charge in [-0.1, -0.05) is 30.3 Å². The lowest BCUT2D eigenvalue weighted by atomic mass is 9.85. The molecule has 0 aromatic heterocycles. The van der Waals surface area contributed by atoms with Crippen molar-refractivity contribution in [1.82, 2.24) is 5.32 Å². The Morgan fingerprint density at radius 2 is 1.82 bits per heavy atom. The number of ether oxygens (including phenoxy) is 1. The van der Waals surface area contributed by atoms with Gasteiger partial charge in [0.05, 0.1) is 18.8 Å². The molecule has 1 aliphatic heterocycles. The maximum atomic E-state index is 8.92. The molecule has 0 aliphatic carbocycles. The van der Waals surface area contributed by atoms with E-state index in [2.05, 4.69) is 17.4 Å². The van der Waals surface area contributed by atoms with Crippen LogP contribution in [-0.4, -0.2) is 31.4 Å². The number of nitrogens with one attached hydrogen (secondary N) is 1. The molecule has 1 aromatic carbocycles. The molecule has 1 aromatic rings. The van der Waals surface area contributed by atoms with Crippen molar-refractivity contribution in [1.29, 1.82) is 0 Å². The van der Waals surface area contributed by atoms with Crippen molar-refractivity contribution in [2.24, 2.45) is 0 Å². The van der Waals surface area contributed by atoms with E-state index in [4.69, 9.17) is 9.84 Å². The number of aliphatic hydroxyl groups excluding tert-OH is 1. The summed E-state index contributed by atoms with van der Waals surface area (Å²) in [6.45, 7) is 2.44. The first kappa shape index (κ1) is 14.5. The van der Waals surface area contributed by atoms with Gasteiger partial charge in [-0.2, -0.15) is 0 Å². The van der Waals surface area contributed by atoms with E-state index in [9.17, 15) is 0 Å². The highest BCUT2D eigenvalue weighted by Crippen LogP contribution is 2.34. The highest BCUT2D eigenvalue weighted by atomic mass is 35.5. The predicted octanol–water partition coefficient (Wildman–Crippen LogP) is 1.70. The van der Waals surface area contributed by atoms with Crippen LogP contribution >= 0.6 is 12.4 Å². The van der Waals surface area contributed by atoms with Crippen molar-refractivity contribution >= 4 is 12.4 Å². The molecule has 96 valence electrons. The first-order valence-electron chi connectivity index (χ1n) is 5.88. The van der Waals surface area contributed by atoms with Gasteiger partial charge in [-0.3, -0.25) is 0 Å². The third-order valence-electron chi connectivity index (χ3n) is 3.18. The molecule has 1 aliphatic rings. The van der Waals surface area contributed by atoms with Crippen LogP contribution in [0.1, 0.15) is 18.4 Å². The van der Waals surface area contributed by atoms with Crippen LogP contribution in [-0.2, 0) is 10.3 Å². The number of aliphatic hydroxyl groups is 1. The quantitative estimate of drug-likeness (QED) is 0.863. The normalized spacial score (nSPS) is 18.4. The molecular weight excluding hydrogens is 238 g/mol. The van der Waals surface area contributed by atoms with E-state index in [1.807, 2.05) is 18.2 Å². The average Bonchev–Trinajstić information content (AvgIpc) is 2.38. The van der Waals surface area contributed by atoms with E-state index in [1.54, 1.807) is 0 Å². The molecule has 0 amide bonds. The fraction of sp³-hybridized carbons (Fsp3) is 0.538. The van der Waals surface area contributed by atoms with Gasteiger partial charge >= 0.3 is 0 Å². The van der Waals surface area contributed by atoms with Crippen molar-refractivity contribution in [2.75, 3.05) is 26.3 Å². The molecule has 0 atom stereocenters. The summed E-state index contributed by atoms with van der Waals surface area (Å²) < 4.78 is 5.92. The minimum absolute atomic E-state index is 0. The zero-order chi connectivity index (χ0) is 11.3. The van der Waals surface area contributed by atoms with Gasteiger partial charge in [0.1, 0.15) is 0 Å². The molecule has 17 heavy (non-hydrogen) atoms. The predicted molar refractivity (Wildman–Crippen MR) is 70.5 cm³/mol. The van der Waals surface area contributed by atoms with Crippen molar-refractivity contribution in [2.45, 2.75) is 18.4 Å². The summed E-state index contributed by atoms with van der Waals surface area (Å²) in [5.41, 5.74) is 1.03. The minimum Gasteiger partial charge on any atom is -0.394 e. The summed E-state index contributed by atoms with van der Waals surface area (Å²) in [7, 11) is 0. The fourth-order valence-electron chi connectivity index (χ4n) is 2.33. The molecule has 1 saturated heterocycles. The van der Waals surface area contributed by atoms with Crippen molar-refractivity contribution < 1.29 is 9.84 Å². The molecular formula is C13H20ClNO2. The van der Waals surface area contributed by atoms with Gasteiger partial charge in [0, 0.05) is 0 Å². The average molecular weight is 258 g/mol. The molecule has 4 heteroatoms. The molecule has 1 heterocycles. The second kappa shape index (κ2) is 6.97. The number of benzene rings is 1. The Bertz CT molecular complexity index is 312. The molecule has 1 fully saturated rings. The van der Waals surface area contributed by atoms with Gasteiger partial charge in [-0.25, -0.2) is 0 Å². The highest BCUT2D eigenvalue weighted by molar-refractivity contribution is 5.85. The maximum absolute atomic E-state index is 8.92. The summed E-state index contributed by atoms with van der Waals surface area (Å²) in [4.78, 5) is 0. The Kier molecular flexibility index (Phi) is 5.92. The number of hydrogen-bond donors (Lipinski definition) is 2. The molecule has 3 nitrogen and oxygen atoms in total. The van der Waals surface area contributed by atoms with Gasteiger partial charge in [0.15, 0.2) is 0 Å². The van der Waals surface area contributed by atoms with Gasteiger partial charge in [0.25, 0.3) is 0 Å². The van der Waals surface area contributed by atoms with Crippen LogP contribution in [0, 0.1) is 0 Å². The van der Waals surface area contributed by atoms with Crippen molar-refractivity contribution in [3.63, 3.8) is 0 Å². The molecule has 0 radical (unpaired) electrons. The molecule has 0 bridgehead atoms. The lowest BCUT2D eigenvalue weighted by Gasteiger charge is -2.38. The lowest BCUT2D eigenvalue weighted by Crippen LogP contribution is -2.42. The standard InChI is InChI=1S/C13H19NO2.ClH/c15-10-11-16-13(6-8-14-9-7-13)12-4-2-1-3-5-12;/h1-5,14-15H,6-11H2;1H. The first-order chi connectivity index (χ1) is 7.87. The van der Waals surface area contributed by atoms with Crippen molar-refractivity contribution in [3.8, 4) is 0 Å². The van der Waals surface area contributed by atoms with Gasteiger partial charge in [0.2, 0.25) is 0 Å². The largest absolute Gasteiger partial charge is 0.394 e. The number of hydrogen-bond acceptors (Lipinski definition) is 3. The zero-order valence-corrected chi connectivity index (χ0v) is 10.7. The van der Waals surface area contributed by atoms with Gasteiger partial charge in [-0.05, 0) is 31.5 Å². The Labute approximate surface area is 109 Å². The number of piperidine rings is 1. The third kappa shape index (κ3) is 3.42. The van der Waals surface area contributed by atoms with Gasteiger partial charge in [-0.15, -0.1) is 12.4 Å². The SMILES string of the molecule is Cl.OCCOC1(c2ccccc2)CCNCC1. The van der Waals surface area contributed by atoms with Crippen molar-refractivity contribution in [3.05, 3.63) is 35.9 Å². The first-order valence-corrected chi connectivity index (χ1v) is 5.88. The second-order valence-electron chi connectivity index (χ2n) is 4.18. The molecule has 0 saturated carbocycles. The number of halogens is 1. The Hall–Kier alpha value is -0.610. The summed E-state index contributed by atoms with van der Waals surface area (Å²) >= 11 is 0. The van der Waals surface area contributed by atoms with Gasteiger partial charge < -0.3 is 15.2 Å². The zero-order valence-electron chi connectivity index (χ0n) is 9.89. The van der Waals surface area contributed by atoms with Crippen LogP contribution in [0.2, 0.25) is 0 Å². The Morgan fingerprint density at radius 3 is 2.41 bits per heavy atom. The lowest BCUT2D eigenvalue weighted by molar-refractivity contribution is -0.0817. The molecule has 2 rings (SSSR count). The van der Waals surface area contributed by atoms with Crippen LogP contribution in [0.5, 0.6) is 0 Å². The van der Waals surface area contributed by atoms with E-state index in [1.165, 1.54) is 5.56 Å². The Balaban J connectivity index is 0.00000144. The second-order valence-corrected chi connectivity index (χ2v) is 4.18. The summed E-state index contributed by atoms with van der Waals surface area (Å²) in [5, 5.41) is 12.3. The van der Waals surface area contributed by atoms with Crippen LogP contribution in [0.15, 0.2) is 30.3 Å². The third-order valence-corrected chi connectivity index (χ3v) is 3.18. The van der Waals surface area contributed by atoms with Crippen LogP contribution in [0.4, 0.5) is 0 Å². The van der Waals surface area contributed by atoms with Crippen LogP contribution in [0.25, 0.3) is 0 Å². The summed E-state index contributed by atoms with van der Waals surface area (Å²) in [6.07, 6.45) is 1.94. The highest BCUT2D eigenvalue weighted by Gasteiger charge is 2.34. The molecule has 0 spiro atoms. The van der Waals surface area contributed by atoms with E-state index >= 15 is 0 Å². The monoisotopic (exact) mass is 257 g/mol. The smallest absolute Gasteiger partial charge is 0.0956 e. The van der Waals surface area contributed by atoms with E-state index in [-0.39, 0.29) is 24.6 Å². The molecule has 2 N–H and O–H groups in total. The van der Waals surface area contributed by atoms with Crippen LogP contribution in [0.3, 0.4) is 0 Å². The van der Waals surface area contributed by atoms with E-state index < -0.39 is 0 Å². The van der Waals surface area contributed by atoms with E-state index in [0.717, 1.165) is 25.9 Å².